The predicted molar refractivity (Wildman–Crippen MR) is 72.0 cm³/mol. The quantitative estimate of drug-likeness (QED) is 0.890. The van der Waals surface area contributed by atoms with E-state index in [0.29, 0.717) is 12.8 Å². The van der Waals surface area contributed by atoms with Crippen LogP contribution in [0.4, 0.5) is 0 Å². The van der Waals surface area contributed by atoms with Crippen LogP contribution in [0.25, 0.3) is 0 Å². The first-order valence-corrected chi connectivity index (χ1v) is 6.95. The van der Waals surface area contributed by atoms with Gasteiger partial charge in [-0.3, -0.25) is 4.79 Å². The van der Waals surface area contributed by atoms with Crippen LogP contribution in [0.5, 0.6) is 0 Å². The van der Waals surface area contributed by atoms with Gasteiger partial charge < -0.3 is 5.32 Å². The maximum absolute atomic E-state index is 12.2. The third-order valence-electron chi connectivity index (χ3n) is 3.21. The number of thiazole rings is 1. The van der Waals surface area contributed by atoms with Crippen LogP contribution in [0.2, 0.25) is 0 Å². The molecule has 0 saturated heterocycles. The normalized spacial score (nSPS) is 12.8. The van der Waals surface area contributed by atoms with Gasteiger partial charge in [-0.1, -0.05) is 13.8 Å². The van der Waals surface area contributed by atoms with E-state index in [1.165, 1.54) is 0 Å². The number of nitrogens with zero attached hydrogens (tertiary/aromatic N) is 2. The number of aryl methyl sites for hydroxylation is 1. The molecule has 0 fully saturated rings. The molecule has 0 spiro atoms. The average Bonchev–Trinajstić information content (AvgIpc) is 2.79. The van der Waals surface area contributed by atoms with Crippen molar-refractivity contribution in [3.63, 3.8) is 0 Å². The Bertz CT molecular complexity index is 457. The summed E-state index contributed by atoms with van der Waals surface area (Å²) in [6.07, 6.45) is 2.84. The number of amides is 1. The highest BCUT2D eigenvalue weighted by Crippen LogP contribution is 2.27. The van der Waals surface area contributed by atoms with E-state index in [0.717, 1.165) is 9.88 Å². The molecule has 1 unspecified atom stereocenters. The van der Waals surface area contributed by atoms with Gasteiger partial charge in [0, 0.05) is 11.1 Å². The minimum atomic E-state index is -0.916. The van der Waals surface area contributed by atoms with Gasteiger partial charge in [0.1, 0.15) is 10.4 Å². The number of nitriles is 1. The summed E-state index contributed by atoms with van der Waals surface area (Å²) in [5.41, 5.74) is -0.916. The molecule has 1 atom stereocenters. The maximum Gasteiger partial charge on any atom is 0.241 e. The van der Waals surface area contributed by atoms with E-state index in [9.17, 15) is 10.1 Å². The summed E-state index contributed by atoms with van der Waals surface area (Å²) in [6, 6.07) is 2.00. The van der Waals surface area contributed by atoms with Crippen molar-refractivity contribution >= 4 is 17.2 Å². The summed E-state index contributed by atoms with van der Waals surface area (Å²) in [7, 11) is 0. The van der Waals surface area contributed by atoms with Crippen molar-refractivity contribution in [1.29, 1.82) is 5.26 Å². The van der Waals surface area contributed by atoms with Gasteiger partial charge in [-0.2, -0.15) is 5.26 Å². The van der Waals surface area contributed by atoms with Crippen LogP contribution >= 0.6 is 11.3 Å². The van der Waals surface area contributed by atoms with Crippen LogP contribution in [0, 0.1) is 23.7 Å². The Hall–Kier alpha value is -1.41. The zero-order chi connectivity index (χ0) is 13.8. The molecule has 0 bridgehead atoms. The number of hydrogen-bond acceptors (Lipinski definition) is 4. The van der Waals surface area contributed by atoms with Gasteiger partial charge in [0.15, 0.2) is 0 Å². The third-order valence-corrected chi connectivity index (χ3v) is 4.31. The minimum absolute atomic E-state index is 0.151. The van der Waals surface area contributed by atoms with Crippen LogP contribution < -0.4 is 5.32 Å². The Balaban J connectivity index is 2.79. The summed E-state index contributed by atoms with van der Waals surface area (Å²) in [4.78, 5) is 17.6. The molecule has 1 aromatic rings. The second-order valence-electron chi connectivity index (χ2n) is 4.41. The van der Waals surface area contributed by atoms with Crippen LogP contribution in [-0.2, 0) is 4.79 Å². The van der Waals surface area contributed by atoms with Crippen molar-refractivity contribution in [3.05, 3.63) is 16.1 Å². The van der Waals surface area contributed by atoms with Crippen LogP contribution in [0.3, 0.4) is 0 Å². The lowest BCUT2D eigenvalue weighted by atomic mass is 9.83. The minimum Gasteiger partial charge on any atom is -0.346 e. The molecule has 0 aliphatic heterocycles. The SMILES string of the molecule is CCC(C#N)(CC)C(=O)NC(C)c1ncc(C)s1. The zero-order valence-electron chi connectivity index (χ0n) is 11.3. The van der Waals surface area contributed by atoms with Crippen molar-refractivity contribution < 1.29 is 4.79 Å². The Kier molecular flexibility index (Phi) is 4.85. The van der Waals surface area contributed by atoms with Crippen LogP contribution in [0.15, 0.2) is 6.20 Å². The Morgan fingerprint density at radius 1 is 1.61 bits per heavy atom. The number of carbonyl (C=O) groups is 1. The first-order valence-electron chi connectivity index (χ1n) is 6.13. The Morgan fingerprint density at radius 3 is 2.61 bits per heavy atom. The molecule has 1 aromatic heterocycles. The fourth-order valence-corrected chi connectivity index (χ4v) is 2.53. The first kappa shape index (κ1) is 14.7. The molecule has 1 rings (SSSR count). The van der Waals surface area contributed by atoms with E-state index in [1.807, 2.05) is 27.7 Å². The van der Waals surface area contributed by atoms with Gasteiger partial charge in [0.05, 0.1) is 12.1 Å². The Labute approximate surface area is 112 Å². The smallest absolute Gasteiger partial charge is 0.241 e. The molecule has 1 heterocycles. The molecule has 18 heavy (non-hydrogen) atoms. The largest absolute Gasteiger partial charge is 0.346 e. The fourth-order valence-electron chi connectivity index (χ4n) is 1.75. The Morgan fingerprint density at radius 2 is 2.22 bits per heavy atom. The van der Waals surface area contributed by atoms with Gasteiger partial charge in [0.25, 0.3) is 0 Å². The summed E-state index contributed by atoms with van der Waals surface area (Å²) in [5, 5.41) is 13.0. The molecule has 0 aliphatic carbocycles. The molecular formula is C13H19N3OS. The maximum atomic E-state index is 12.2. The van der Waals surface area contributed by atoms with Crippen LogP contribution in [-0.4, -0.2) is 10.9 Å². The van der Waals surface area contributed by atoms with E-state index in [1.54, 1.807) is 17.5 Å². The second kappa shape index (κ2) is 5.96. The van der Waals surface area contributed by atoms with Crippen molar-refractivity contribution in [2.75, 3.05) is 0 Å². The number of carbonyl (C=O) groups excluding carboxylic acids is 1. The van der Waals surface area contributed by atoms with Gasteiger partial charge in [-0.25, -0.2) is 4.98 Å². The molecule has 0 saturated carbocycles. The highest BCUT2D eigenvalue weighted by atomic mass is 32.1. The number of nitrogens with one attached hydrogen (secondary N) is 1. The molecule has 0 radical (unpaired) electrons. The van der Waals surface area contributed by atoms with Crippen molar-refractivity contribution in [2.24, 2.45) is 5.41 Å². The topological polar surface area (TPSA) is 65.8 Å². The highest BCUT2D eigenvalue weighted by molar-refractivity contribution is 7.11. The summed E-state index contributed by atoms with van der Waals surface area (Å²) < 4.78 is 0. The van der Waals surface area contributed by atoms with E-state index in [2.05, 4.69) is 16.4 Å². The zero-order valence-corrected chi connectivity index (χ0v) is 12.1. The summed E-state index contributed by atoms with van der Waals surface area (Å²) in [6.45, 7) is 7.60. The molecule has 5 heteroatoms. The van der Waals surface area contributed by atoms with Gasteiger partial charge in [-0.15, -0.1) is 11.3 Å². The lowest BCUT2D eigenvalue weighted by Crippen LogP contribution is -2.40. The molecule has 1 amide bonds. The monoisotopic (exact) mass is 265 g/mol. The lowest BCUT2D eigenvalue weighted by molar-refractivity contribution is -0.129. The molecule has 4 nitrogen and oxygen atoms in total. The van der Waals surface area contributed by atoms with Gasteiger partial charge in [-0.05, 0) is 26.7 Å². The lowest BCUT2D eigenvalue weighted by Gasteiger charge is -2.24. The van der Waals surface area contributed by atoms with Crippen LogP contribution in [0.1, 0.15) is 49.5 Å². The van der Waals surface area contributed by atoms with E-state index in [4.69, 9.17) is 0 Å². The molecular weight excluding hydrogens is 246 g/mol. The molecule has 1 N–H and O–H groups in total. The standard InChI is InChI=1S/C13H19N3OS/c1-5-13(6-2,8-14)12(17)16-10(4)11-15-7-9(3)18-11/h7,10H,5-6H2,1-4H3,(H,16,17). The predicted octanol–water partition coefficient (Wildman–Crippen LogP) is 2.96. The van der Waals surface area contributed by atoms with Crippen molar-refractivity contribution in [1.82, 2.24) is 10.3 Å². The van der Waals surface area contributed by atoms with Crippen molar-refractivity contribution in [3.8, 4) is 6.07 Å². The van der Waals surface area contributed by atoms with Gasteiger partial charge in [0.2, 0.25) is 5.91 Å². The average molecular weight is 265 g/mol. The third kappa shape index (κ3) is 2.88. The first-order chi connectivity index (χ1) is 8.49. The second-order valence-corrected chi connectivity index (χ2v) is 5.67. The van der Waals surface area contributed by atoms with Crippen molar-refractivity contribution in [2.45, 2.75) is 46.6 Å². The highest BCUT2D eigenvalue weighted by Gasteiger charge is 2.35. The summed E-state index contributed by atoms with van der Waals surface area (Å²) in [5.74, 6) is -0.199. The van der Waals surface area contributed by atoms with E-state index >= 15 is 0 Å². The fraction of sp³-hybridized carbons (Fsp3) is 0.615. The van der Waals surface area contributed by atoms with E-state index in [-0.39, 0.29) is 11.9 Å². The molecule has 0 aliphatic rings. The number of aromatic nitrogens is 1. The number of rotatable bonds is 5. The molecule has 0 aromatic carbocycles. The number of hydrogen-bond donors (Lipinski definition) is 1. The molecule has 98 valence electrons. The summed E-state index contributed by atoms with van der Waals surface area (Å²) >= 11 is 1.56. The van der Waals surface area contributed by atoms with Gasteiger partial charge >= 0.3 is 0 Å². The van der Waals surface area contributed by atoms with E-state index < -0.39 is 5.41 Å².